The van der Waals surface area contributed by atoms with E-state index in [2.05, 4.69) is 51.0 Å². The summed E-state index contributed by atoms with van der Waals surface area (Å²) in [5.74, 6) is 3.38. The van der Waals surface area contributed by atoms with Crippen molar-refractivity contribution in [3.05, 3.63) is 23.7 Å². The summed E-state index contributed by atoms with van der Waals surface area (Å²) in [6.07, 6.45) is 0. The van der Waals surface area contributed by atoms with Crippen LogP contribution in [-0.4, -0.2) is 31.1 Å². The summed E-state index contributed by atoms with van der Waals surface area (Å²) in [5, 5.41) is 3.54. The zero-order valence-corrected chi connectivity index (χ0v) is 13.4. The van der Waals surface area contributed by atoms with Gasteiger partial charge in [0.15, 0.2) is 0 Å². The molecule has 1 rings (SSSR count). The summed E-state index contributed by atoms with van der Waals surface area (Å²) in [6, 6.07) is 4.63. The Morgan fingerprint density at radius 1 is 1.16 bits per heavy atom. The first-order valence-corrected chi connectivity index (χ1v) is 7.36. The fraction of sp³-hybridized carbons (Fsp3) is 0.750. The number of hydrogen-bond donors (Lipinski definition) is 1. The maximum Gasteiger partial charge on any atom is 0.118 e. The molecule has 0 saturated carbocycles. The Hall–Kier alpha value is -0.800. The molecule has 1 heterocycles. The molecule has 3 nitrogen and oxygen atoms in total. The SMILES string of the molecule is Cc1ccc(CN(C)C(C)C(C)CNCC(C)C)o1. The second-order valence-corrected chi connectivity index (χ2v) is 6.20. The maximum atomic E-state index is 5.64. The van der Waals surface area contributed by atoms with E-state index in [4.69, 9.17) is 4.42 Å². The average Bonchev–Trinajstić information content (AvgIpc) is 2.73. The Morgan fingerprint density at radius 2 is 1.84 bits per heavy atom. The van der Waals surface area contributed by atoms with Crippen LogP contribution in [0.25, 0.3) is 0 Å². The van der Waals surface area contributed by atoms with Crippen molar-refractivity contribution < 1.29 is 4.42 Å². The van der Waals surface area contributed by atoms with E-state index in [1.54, 1.807) is 0 Å². The molecule has 1 aromatic rings. The molecule has 0 aliphatic carbocycles. The van der Waals surface area contributed by atoms with Crippen molar-refractivity contribution >= 4 is 0 Å². The first-order chi connectivity index (χ1) is 8.90. The summed E-state index contributed by atoms with van der Waals surface area (Å²) in [5.41, 5.74) is 0. The summed E-state index contributed by atoms with van der Waals surface area (Å²) >= 11 is 0. The molecule has 0 radical (unpaired) electrons. The van der Waals surface area contributed by atoms with Crippen molar-refractivity contribution in [1.29, 1.82) is 0 Å². The first kappa shape index (κ1) is 16.3. The zero-order valence-electron chi connectivity index (χ0n) is 13.4. The van der Waals surface area contributed by atoms with Gasteiger partial charge in [-0.05, 0) is 58.0 Å². The van der Waals surface area contributed by atoms with E-state index in [0.717, 1.165) is 31.2 Å². The number of furan rings is 1. The van der Waals surface area contributed by atoms with E-state index >= 15 is 0 Å². The Labute approximate surface area is 118 Å². The molecule has 0 spiro atoms. The summed E-state index contributed by atoms with van der Waals surface area (Å²) in [4.78, 5) is 2.36. The molecule has 0 aliphatic rings. The molecule has 0 fully saturated rings. The van der Waals surface area contributed by atoms with E-state index in [1.807, 2.05) is 13.0 Å². The Bertz CT molecular complexity index is 359. The van der Waals surface area contributed by atoms with E-state index in [0.29, 0.717) is 17.9 Å². The van der Waals surface area contributed by atoms with Gasteiger partial charge in [0.2, 0.25) is 0 Å². The van der Waals surface area contributed by atoms with Gasteiger partial charge in [-0.25, -0.2) is 0 Å². The van der Waals surface area contributed by atoms with Crippen LogP contribution in [0.4, 0.5) is 0 Å². The topological polar surface area (TPSA) is 28.4 Å². The van der Waals surface area contributed by atoms with Gasteiger partial charge in [-0.3, -0.25) is 4.90 Å². The van der Waals surface area contributed by atoms with Crippen LogP contribution in [0.3, 0.4) is 0 Å². The standard InChI is InChI=1S/C16H30N2O/c1-12(2)9-17-10-13(3)15(5)18(6)11-16-8-7-14(4)19-16/h7-8,12-13,15,17H,9-11H2,1-6H3. The monoisotopic (exact) mass is 266 g/mol. The number of nitrogens with one attached hydrogen (secondary N) is 1. The van der Waals surface area contributed by atoms with Gasteiger partial charge < -0.3 is 9.73 Å². The number of aryl methyl sites for hydroxylation is 1. The van der Waals surface area contributed by atoms with Crippen molar-refractivity contribution in [3.8, 4) is 0 Å². The average molecular weight is 266 g/mol. The smallest absolute Gasteiger partial charge is 0.118 e. The lowest BCUT2D eigenvalue weighted by molar-refractivity contribution is 0.175. The highest BCUT2D eigenvalue weighted by molar-refractivity contribution is 5.05. The van der Waals surface area contributed by atoms with Gasteiger partial charge in [0, 0.05) is 6.04 Å². The third-order valence-electron chi connectivity index (χ3n) is 3.74. The lowest BCUT2D eigenvalue weighted by Gasteiger charge is -2.29. The molecule has 3 heteroatoms. The fourth-order valence-electron chi connectivity index (χ4n) is 2.16. The van der Waals surface area contributed by atoms with Crippen LogP contribution in [-0.2, 0) is 6.54 Å². The highest BCUT2D eigenvalue weighted by Gasteiger charge is 2.17. The normalized spacial score (nSPS) is 15.2. The van der Waals surface area contributed by atoms with Gasteiger partial charge in [-0.15, -0.1) is 0 Å². The number of nitrogens with zero attached hydrogens (tertiary/aromatic N) is 1. The molecule has 0 saturated heterocycles. The summed E-state index contributed by atoms with van der Waals surface area (Å²) in [7, 11) is 2.17. The molecule has 0 aromatic carbocycles. The molecule has 1 N–H and O–H groups in total. The minimum absolute atomic E-state index is 0.532. The molecular formula is C16H30N2O. The molecule has 0 amide bonds. The van der Waals surface area contributed by atoms with Crippen LogP contribution < -0.4 is 5.32 Å². The summed E-state index contributed by atoms with van der Waals surface area (Å²) < 4.78 is 5.64. The fourth-order valence-corrected chi connectivity index (χ4v) is 2.16. The second-order valence-electron chi connectivity index (χ2n) is 6.20. The van der Waals surface area contributed by atoms with Gasteiger partial charge in [-0.1, -0.05) is 20.8 Å². The van der Waals surface area contributed by atoms with Crippen LogP contribution >= 0.6 is 0 Å². The lowest BCUT2D eigenvalue weighted by Crippen LogP contribution is -2.39. The maximum absolute atomic E-state index is 5.64. The van der Waals surface area contributed by atoms with E-state index in [9.17, 15) is 0 Å². The highest BCUT2D eigenvalue weighted by Crippen LogP contribution is 2.14. The third-order valence-corrected chi connectivity index (χ3v) is 3.74. The second kappa shape index (κ2) is 7.71. The van der Waals surface area contributed by atoms with Crippen molar-refractivity contribution in [1.82, 2.24) is 10.2 Å². The van der Waals surface area contributed by atoms with Crippen LogP contribution in [0.5, 0.6) is 0 Å². The number of rotatable bonds is 8. The Balaban J connectivity index is 2.36. The Morgan fingerprint density at radius 3 is 2.37 bits per heavy atom. The molecule has 2 atom stereocenters. The predicted molar refractivity (Wildman–Crippen MR) is 81.2 cm³/mol. The van der Waals surface area contributed by atoms with Crippen LogP contribution in [0.15, 0.2) is 16.5 Å². The van der Waals surface area contributed by atoms with Crippen LogP contribution in [0, 0.1) is 18.8 Å². The highest BCUT2D eigenvalue weighted by atomic mass is 16.3. The minimum Gasteiger partial charge on any atom is -0.465 e. The van der Waals surface area contributed by atoms with E-state index in [-0.39, 0.29) is 0 Å². The molecule has 110 valence electrons. The molecule has 19 heavy (non-hydrogen) atoms. The van der Waals surface area contributed by atoms with Crippen LogP contribution in [0.2, 0.25) is 0 Å². The zero-order chi connectivity index (χ0) is 14.4. The third kappa shape index (κ3) is 5.79. The van der Waals surface area contributed by atoms with E-state index in [1.165, 1.54) is 0 Å². The van der Waals surface area contributed by atoms with Gasteiger partial charge in [-0.2, -0.15) is 0 Å². The molecule has 0 bridgehead atoms. The van der Waals surface area contributed by atoms with Gasteiger partial charge >= 0.3 is 0 Å². The number of hydrogen-bond acceptors (Lipinski definition) is 3. The Kier molecular flexibility index (Phi) is 6.59. The van der Waals surface area contributed by atoms with Crippen LogP contribution in [0.1, 0.15) is 39.2 Å². The van der Waals surface area contributed by atoms with Crippen molar-refractivity contribution in [3.63, 3.8) is 0 Å². The van der Waals surface area contributed by atoms with Gasteiger partial charge in [0.25, 0.3) is 0 Å². The molecule has 0 aliphatic heterocycles. The van der Waals surface area contributed by atoms with Gasteiger partial charge in [0.05, 0.1) is 6.54 Å². The van der Waals surface area contributed by atoms with Crippen molar-refractivity contribution in [2.24, 2.45) is 11.8 Å². The quantitative estimate of drug-likeness (QED) is 0.782. The molecular weight excluding hydrogens is 236 g/mol. The minimum atomic E-state index is 0.532. The molecule has 1 aromatic heterocycles. The predicted octanol–water partition coefficient (Wildman–Crippen LogP) is 3.29. The molecule has 2 unspecified atom stereocenters. The van der Waals surface area contributed by atoms with Crippen molar-refractivity contribution in [2.75, 3.05) is 20.1 Å². The summed E-state index contributed by atoms with van der Waals surface area (Å²) in [6.45, 7) is 14.1. The van der Waals surface area contributed by atoms with Crippen molar-refractivity contribution in [2.45, 2.75) is 47.2 Å². The lowest BCUT2D eigenvalue weighted by atomic mass is 10.0. The van der Waals surface area contributed by atoms with E-state index < -0.39 is 0 Å². The largest absolute Gasteiger partial charge is 0.465 e. The van der Waals surface area contributed by atoms with Gasteiger partial charge in [0.1, 0.15) is 11.5 Å². The first-order valence-electron chi connectivity index (χ1n) is 7.36.